The van der Waals surface area contributed by atoms with Crippen molar-refractivity contribution >= 4 is 23.1 Å². The van der Waals surface area contributed by atoms with Crippen LogP contribution in [0.5, 0.6) is 5.75 Å². The van der Waals surface area contributed by atoms with Crippen molar-refractivity contribution in [2.45, 2.75) is 6.04 Å². The third-order valence-electron chi connectivity index (χ3n) is 4.84. The van der Waals surface area contributed by atoms with Crippen LogP contribution in [0.15, 0.2) is 84.7 Å². The molecule has 1 atom stereocenters. The minimum atomic E-state index is -0.809. The largest absolute Gasteiger partial charge is 0.507 e. The van der Waals surface area contributed by atoms with Crippen LogP contribution in [0.1, 0.15) is 17.2 Å². The summed E-state index contributed by atoms with van der Waals surface area (Å²) in [6.45, 7) is 0. The van der Waals surface area contributed by atoms with Crippen molar-refractivity contribution in [1.29, 1.82) is 0 Å². The smallest absolute Gasteiger partial charge is 0.300 e. The lowest BCUT2D eigenvalue weighted by Gasteiger charge is -2.25. The number of hydrogen-bond acceptors (Lipinski definition) is 5. The van der Waals surface area contributed by atoms with Crippen LogP contribution in [0.3, 0.4) is 0 Å². The second-order valence-corrected chi connectivity index (χ2v) is 6.49. The van der Waals surface area contributed by atoms with Gasteiger partial charge in [-0.25, -0.2) is 0 Å². The average molecular weight is 386 g/mol. The van der Waals surface area contributed by atoms with Gasteiger partial charge in [0, 0.05) is 18.1 Å². The third-order valence-corrected chi connectivity index (χ3v) is 4.84. The van der Waals surface area contributed by atoms with Gasteiger partial charge in [-0.2, -0.15) is 0 Å². The fraction of sp³-hybridized carbons (Fsp3) is 0.0870. The molecule has 1 aliphatic rings. The van der Waals surface area contributed by atoms with E-state index in [1.807, 2.05) is 6.07 Å². The summed E-state index contributed by atoms with van der Waals surface area (Å²) in [5.41, 5.74) is 1.51. The average Bonchev–Trinajstić information content (AvgIpc) is 3.05. The Bertz CT molecular complexity index is 1090. The maximum Gasteiger partial charge on any atom is 0.300 e. The molecule has 29 heavy (non-hydrogen) atoms. The first-order valence-corrected chi connectivity index (χ1v) is 9.03. The minimum absolute atomic E-state index is 0.00338. The number of ketones is 1. The maximum absolute atomic E-state index is 13.0. The fourth-order valence-corrected chi connectivity index (χ4v) is 3.53. The summed E-state index contributed by atoms with van der Waals surface area (Å²) in [7, 11) is 1.48. The molecule has 144 valence electrons. The number of Topliss-reactive ketones (excluding diaryl/α,β-unsaturated/α-hetero) is 1. The van der Waals surface area contributed by atoms with Crippen molar-refractivity contribution < 1.29 is 19.4 Å². The van der Waals surface area contributed by atoms with Gasteiger partial charge >= 0.3 is 0 Å². The normalized spacial score (nSPS) is 18.1. The van der Waals surface area contributed by atoms with Gasteiger partial charge in [0.25, 0.3) is 11.7 Å². The highest BCUT2D eigenvalue weighted by Gasteiger charge is 2.47. The lowest BCUT2D eigenvalue weighted by molar-refractivity contribution is -0.132. The minimum Gasteiger partial charge on any atom is -0.507 e. The number of anilines is 1. The van der Waals surface area contributed by atoms with Gasteiger partial charge < -0.3 is 9.84 Å². The van der Waals surface area contributed by atoms with Crippen molar-refractivity contribution in [2.75, 3.05) is 12.0 Å². The molecule has 1 saturated heterocycles. The van der Waals surface area contributed by atoms with Crippen LogP contribution in [-0.2, 0) is 9.59 Å². The van der Waals surface area contributed by atoms with E-state index in [0.29, 0.717) is 22.6 Å². The Morgan fingerprint density at radius 1 is 1.00 bits per heavy atom. The number of aliphatic hydroxyl groups is 1. The number of carbonyl (C=O) groups excluding carboxylic acids is 2. The predicted molar refractivity (Wildman–Crippen MR) is 108 cm³/mol. The number of benzene rings is 2. The predicted octanol–water partition coefficient (Wildman–Crippen LogP) is 3.72. The molecule has 1 aliphatic heterocycles. The van der Waals surface area contributed by atoms with Crippen LogP contribution in [0.4, 0.5) is 5.69 Å². The zero-order valence-electron chi connectivity index (χ0n) is 15.6. The number of methoxy groups -OCH3 is 1. The van der Waals surface area contributed by atoms with Crippen LogP contribution in [-0.4, -0.2) is 28.9 Å². The first-order valence-electron chi connectivity index (χ1n) is 9.03. The van der Waals surface area contributed by atoms with Crippen molar-refractivity contribution in [3.63, 3.8) is 0 Å². The molecule has 4 rings (SSSR count). The number of para-hydroxylation sites is 2. The van der Waals surface area contributed by atoms with Gasteiger partial charge in [-0.15, -0.1) is 0 Å². The van der Waals surface area contributed by atoms with E-state index in [1.54, 1.807) is 73.1 Å². The van der Waals surface area contributed by atoms with Gasteiger partial charge in [-0.05, 0) is 35.9 Å². The summed E-state index contributed by atoms with van der Waals surface area (Å²) < 4.78 is 5.32. The highest BCUT2D eigenvalue weighted by Crippen LogP contribution is 2.42. The highest BCUT2D eigenvalue weighted by atomic mass is 16.5. The SMILES string of the molecule is COc1ccccc1/C(O)=C1/C(=O)C(=O)N(c2ccccc2)C1c1cccnc1. The van der Waals surface area contributed by atoms with E-state index in [2.05, 4.69) is 4.98 Å². The number of rotatable bonds is 4. The van der Waals surface area contributed by atoms with Crippen LogP contribution in [0.2, 0.25) is 0 Å². The molecule has 6 heteroatoms. The molecular formula is C23H18N2O4. The summed E-state index contributed by atoms with van der Waals surface area (Å²) in [6, 6.07) is 18.4. The zero-order chi connectivity index (χ0) is 20.4. The van der Waals surface area contributed by atoms with E-state index in [4.69, 9.17) is 4.74 Å². The van der Waals surface area contributed by atoms with Crippen LogP contribution < -0.4 is 9.64 Å². The number of hydrogen-bond donors (Lipinski definition) is 1. The molecular weight excluding hydrogens is 368 g/mol. The monoisotopic (exact) mass is 386 g/mol. The lowest BCUT2D eigenvalue weighted by atomic mass is 9.96. The third kappa shape index (κ3) is 3.14. The van der Waals surface area contributed by atoms with Gasteiger partial charge in [0.15, 0.2) is 0 Å². The molecule has 2 aromatic carbocycles. The first kappa shape index (κ1) is 18.4. The second-order valence-electron chi connectivity index (χ2n) is 6.49. The quantitative estimate of drug-likeness (QED) is 0.420. The number of aliphatic hydroxyl groups excluding tert-OH is 1. The Labute approximate surface area is 167 Å². The molecule has 0 saturated carbocycles. The topological polar surface area (TPSA) is 79.7 Å². The van der Waals surface area contributed by atoms with Gasteiger partial charge in [0.2, 0.25) is 0 Å². The van der Waals surface area contributed by atoms with Crippen LogP contribution in [0.25, 0.3) is 5.76 Å². The molecule has 0 bridgehead atoms. The molecule has 2 heterocycles. The molecule has 1 fully saturated rings. The molecule has 1 amide bonds. The standard InChI is InChI=1S/C23H18N2O4/c1-29-18-12-6-5-11-17(18)21(26)19-20(15-8-7-13-24-14-15)25(23(28)22(19)27)16-9-3-2-4-10-16/h2-14,20,26H,1H3/b21-19-. The number of ether oxygens (including phenoxy) is 1. The number of carbonyl (C=O) groups is 2. The number of aromatic nitrogens is 1. The van der Waals surface area contributed by atoms with Crippen molar-refractivity contribution in [3.05, 3.63) is 95.8 Å². The van der Waals surface area contributed by atoms with E-state index in [1.165, 1.54) is 12.0 Å². The van der Waals surface area contributed by atoms with E-state index in [9.17, 15) is 14.7 Å². The van der Waals surface area contributed by atoms with Crippen LogP contribution >= 0.6 is 0 Å². The molecule has 3 aromatic rings. The zero-order valence-corrected chi connectivity index (χ0v) is 15.6. The van der Waals surface area contributed by atoms with Gasteiger partial charge in [0.05, 0.1) is 24.3 Å². The number of pyridine rings is 1. The number of amides is 1. The summed E-state index contributed by atoms with van der Waals surface area (Å²) in [5.74, 6) is -1.35. The van der Waals surface area contributed by atoms with Crippen molar-refractivity contribution in [2.24, 2.45) is 0 Å². The highest BCUT2D eigenvalue weighted by molar-refractivity contribution is 6.51. The Morgan fingerprint density at radius 3 is 2.41 bits per heavy atom. The van der Waals surface area contributed by atoms with Gasteiger partial charge in [0.1, 0.15) is 11.5 Å². The molecule has 1 N–H and O–H groups in total. The second kappa shape index (κ2) is 7.59. The fourth-order valence-electron chi connectivity index (χ4n) is 3.53. The Morgan fingerprint density at radius 2 is 1.72 bits per heavy atom. The maximum atomic E-state index is 13.0. The molecule has 0 aliphatic carbocycles. The summed E-state index contributed by atoms with van der Waals surface area (Å²) in [5, 5.41) is 11.1. The summed E-state index contributed by atoms with van der Waals surface area (Å²) in [4.78, 5) is 31.5. The molecule has 0 spiro atoms. The molecule has 6 nitrogen and oxygen atoms in total. The van der Waals surface area contributed by atoms with Crippen LogP contribution in [0, 0.1) is 0 Å². The van der Waals surface area contributed by atoms with Gasteiger partial charge in [-0.3, -0.25) is 19.5 Å². The van der Waals surface area contributed by atoms with E-state index in [0.717, 1.165) is 0 Å². The summed E-state index contributed by atoms with van der Waals surface area (Å²) >= 11 is 0. The molecule has 0 radical (unpaired) electrons. The first-order chi connectivity index (χ1) is 14.1. The molecule has 1 aromatic heterocycles. The van der Waals surface area contributed by atoms with Crippen molar-refractivity contribution in [1.82, 2.24) is 4.98 Å². The Kier molecular flexibility index (Phi) is 4.83. The van der Waals surface area contributed by atoms with Gasteiger partial charge in [-0.1, -0.05) is 36.4 Å². The van der Waals surface area contributed by atoms with E-state index in [-0.39, 0.29) is 11.3 Å². The van der Waals surface area contributed by atoms with Crippen molar-refractivity contribution in [3.8, 4) is 5.75 Å². The lowest BCUT2D eigenvalue weighted by Crippen LogP contribution is -2.29. The summed E-state index contributed by atoms with van der Waals surface area (Å²) in [6.07, 6.45) is 3.19. The Hall–Kier alpha value is -3.93. The molecule has 1 unspecified atom stereocenters. The van der Waals surface area contributed by atoms with E-state index < -0.39 is 17.7 Å². The van der Waals surface area contributed by atoms with E-state index >= 15 is 0 Å². The Balaban J connectivity index is 1.97. The number of nitrogens with zero attached hydrogens (tertiary/aromatic N) is 2.